The van der Waals surface area contributed by atoms with Crippen LogP contribution in [-0.4, -0.2) is 22.1 Å². The second-order valence-corrected chi connectivity index (χ2v) is 4.73. The van der Waals surface area contributed by atoms with Crippen molar-refractivity contribution in [1.82, 2.24) is 4.98 Å². The van der Waals surface area contributed by atoms with Gasteiger partial charge in [0.2, 0.25) is 0 Å². The number of carbonyl (C=O) groups excluding carboxylic acids is 1. The van der Waals surface area contributed by atoms with E-state index in [1.165, 1.54) is 5.38 Å². The van der Waals surface area contributed by atoms with Crippen molar-refractivity contribution in [2.75, 3.05) is 10.6 Å². The summed E-state index contributed by atoms with van der Waals surface area (Å²) in [6, 6.07) is 6.68. The number of hydrogen-bond donors (Lipinski definition) is 3. The first kappa shape index (κ1) is 13.3. The molecule has 0 spiro atoms. The minimum atomic E-state index is -1.23. The Bertz CT molecular complexity index is 629. The van der Waals surface area contributed by atoms with Gasteiger partial charge in [-0.15, -0.1) is 11.3 Å². The largest absolute Gasteiger partial charge is 0.465 e. The molecule has 0 aliphatic carbocycles. The summed E-state index contributed by atoms with van der Waals surface area (Å²) in [7, 11) is 0. The molecule has 0 fully saturated rings. The van der Waals surface area contributed by atoms with Crippen LogP contribution in [0.3, 0.4) is 0 Å². The molecule has 1 aromatic carbocycles. The van der Waals surface area contributed by atoms with Crippen molar-refractivity contribution in [2.45, 2.75) is 0 Å². The zero-order valence-corrected chi connectivity index (χ0v) is 11.0. The number of rotatable bonds is 3. The maximum Gasteiger partial charge on any atom is 0.410 e. The van der Waals surface area contributed by atoms with E-state index in [0.29, 0.717) is 10.7 Å². The molecule has 3 N–H and O–H groups in total. The summed E-state index contributed by atoms with van der Waals surface area (Å²) in [4.78, 5) is 26.1. The Morgan fingerprint density at radius 3 is 2.79 bits per heavy atom. The molecule has 8 heteroatoms. The second kappa shape index (κ2) is 5.68. The minimum absolute atomic E-state index is 0.133. The maximum absolute atomic E-state index is 11.8. The van der Waals surface area contributed by atoms with Crippen molar-refractivity contribution < 1.29 is 14.7 Å². The number of carbonyl (C=O) groups is 2. The summed E-state index contributed by atoms with van der Waals surface area (Å²) in [6.45, 7) is 0. The van der Waals surface area contributed by atoms with Gasteiger partial charge in [0, 0.05) is 16.1 Å². The summed E-state index contributed by atoms with van der Waals surface area (Å²) in [5.74, 6) is -0.433. The van der Waals surface area contributed by atoms with Crippen LogP contribution in [-0.2, 0) is 0 Å². The lowest BCUT2D eigenvalue weighted by Gasteiger charge is -2.02. The molecule has 0 bridgehead atoms. The molecule has 2 rings (SSSR count). The van der Waals surface area contributed by atoms with Crippen molar-refractivity contribution in [3.8, 4) is 0 Å². The zero-order chi connectivity index (χ0) is 13.8. The van der Waals surface area contributed by atoms with Crippen LogP contribution in [0.25, 0.3) is 0 Å². The van der Waals surface area contributed by atoms with Gasteiger partial charge in [-0.05, 0) is 18.2 Å². The quantitative estimate of drug-likeness (QED) is 0.811. The normalized spacial score (nSPS) is 9.95. The first-order chi connectivity index (χ1) is 9.04. The average Bonchev–Trinajstić information content (AvgIpc) is 2.76. The molecule has 0 aliphatic rings. The van der Waals surface area contributed by atoms with E-state index in [4.69, 9.17) is 16.7 Å². The molecule has 2 amide bonds. The van der Waals surface area contributed by atoms with Crippen LogP contribution >= 0.6 is 22.9 Å². The first-order valence-electron chi connectivity index (χ1n) is 5.07. The highest BCUT2D eigenvalue weighted by Crippen LogP contribution is 2.18. The average molecular weight is 298 g/mol. The van der Waals surface area contributed by atoms with E-state index in [0.717, 1.165) is 11.3 Å². The van der Waals surface area contributed by atoms with Gasteiger partial charge in [0.25, 0.3) is 5.91 Å². The van der Waals surface area contributed by atoms with Crippen molar-refractivity contribution in [2.24, 2.45) is 0 Å². The lowest BCUT2D eigenvalue weighted by atomic mass is 10.3. The Balaban J connectivity index is 2.07. The van der Waals surface area contributed by atoms with Crippen LogP contribution < -0.4 is 10.6 Å². The molecule has 2 aromatic rings. The van der Waals surface area contributed by atoms with Crippen LogP contribution in [0.15, 0.2) is 29.6 Å². The summed E-state index contributed by atoms with van der Waals surface area (Å²) >= 11 is 6.83. The molecule has 0 saturated carbocycles. The van der Waals surface area contributed by atoms with Gasteiger partial charge in [-0.1, -0.05) is 17.7 Å². The number of anilines is 2. The van der Waals surface area contributed by atoms with E-state index in [1.54, 1.807) is 24.3 Å². The van der Waals surface area contributed by atoms with Crippen molar-refractivity contribution >= 4 is 45.8 Å². The standard InChI is InChI=1S/C11H8ClN3O3S/c12-6-2-1-3-7(4-6)13-9(16)8-5-19-10(14-8)15-11(17)18/h1-5H,(H,13,16)(H,14,15)(H,17,18). The van der Waals surface area contributed by atoms with Crippen molar-refractivity contribution in [3.63, 3.8) is 0 Å². The number of nitrogens with zero attached hydrogens (tertiary/aromatic N) is 1. The van der Waals surface area contributed by atoms with Crippen LogP contribution in [0.2, 0.25) is 5.02 Å². The summed E-state index contributed by atoms with van der Waals surface area (Å²) in [5, 5.41) is 15.3. The highest BCUT2D eigenvalue weighted by Gasteiger charge is 2.12. The van der Waals surface area contributed by atoms with Crippen molar-refractivity contribution in [1.29, 1.82) is 0 Å². The fourth-order valence-electron chi connectivity index (χ4n) is 1.29. The summed E-state index contributed by atoms with van der Waals surface area (Å²) in [6.07, 6.45) is -1.23. The topological polar surface area (TPSA) is 91.3 Å². The lowest BCUT2D eigenvalue weighted by Crippen LogP contribution is -2.13. The molecule has 1 heterocycles. The molecule has 6 nitrogen and oxygen atoms in total. The van der Waals surface area contributed by atoms with Crippen LogP contribution in [0.5, 0.6) is 0 Å². The number of halogens is 1. The fraction of sp³-hybridized carbons (Fsp3) is 0. The molecular formula is C11H8ClN3O3S. The van der Waals surface area contributed by atoms with Gasteiger partial charge in [0.05, 0.1) is 0 Å². The molecule has 0 aliphatic heterocycles. The van der Waals surface area contributed by atoms with Gasteiger partial charge < -0.3 is 10.4 Å². The number of carboxylic acid groups (broad SMARTS) is 1. The molecular weight excluding hydrogens is 290 g/mol. The SMILES string of the molecule is O=C(O)Nc1nc(C(=O)Nc2cccc(Cl)c2)cs1. The monoisotopic (exact) mass is 297 g/mol. The minimum Gasteiger partial charge on any atom is -0.465 e. The van der Waals surface area contributed by atoms with Gasteiger partial charge in [-0.2, -0.15) is 0 Å². The Labute approximate surface area is 117 Å². The van der Waals surface area contributed by atoms with Gasteiger partial charge in [0.1, 0.15) is 5.69 Å². The molecule has 0 saturated heterocycles. The Morgan fingerprint density at radius 2 is 2.11 bits per heavy atom. The predicted molar refractivity (Wildman–Crippen MR) is 73.2 cm³/mol. The molecule has 0 radical (unpaired) electrons. The van der Waals surface area contributed by atoms with Gasteiger partial charge in [0.15, 0.2) is 5.13 Å². The zero-order valence-electron chi connectivity index (χ0n) is 9.38. The number of thiazole rings is 1. The van der Waals surface area contributed by atoms with E-state index >= 15 is 0 Å². The summed E-state index contributed by atoms with van der Waals surface area (Å²) in [5.41, 5.74) is 0.673. The molecule has 0 unspecified atom stereocenters. The highest BCUT2D eigenvalue weighted by molar-refractivity contribution is 7.14. The van der Waals surface area contributed by atoms with E-state index in [1.807, 2.05) is 0 Å². The molecule has 1 aromatic heterocycles. The van der Waals surface area contributed by atoms with E-state index in [9.17, 15) is 9.59 Å². The molecule has 98 valence electrons. The number of hydrogen-bond acceptors (Lipinski definition) is 4. The van der Waals surface area contributed by atoms with Gasteiger partial charge in [-0.25, -0.2) is 9.78 Å². The van der Waals surface area contributed by atoms with Gasteiger partial charge >= 0.3 is 6.09 Å². The lowest BCUT2D eigenvalue weighted by molar-refractivity contribution is 0.102. The van der Waals surface area contributed by atoms with E-state index in [2.05, 4.69) is 15.6 Å². The van der Waals surface area contributed by atoms with Gasteiger partial charge in [-0.3, -0.25) is 10.1 Å². The number of nitrogens with one attached hydrogen (secondary N) is 2. The van der Waals surface area contributed by atoms with E-state index in [-0.39, 0.29) is 10.8 Å². The third-order valence-corrected chi connectivity index (χ3v) is 3.03. The highest BCUT2D eigenvalue weighted by atomic mass is 35.5. The Morgan fingerprint density at radius 1 is 1.32 bits per heavy atom. The third-order valence-electron chi connectivity index (χ3n) is 2.03. The van der Waals surface area contributed by atoms with E-state index < -0.39 is 12.0 Å². The smallest absolute Gasteiger partial charge is 0.410 e. The number of amides is 2. The molecule has 19 heavy (non-hydrogen) atoms. The number of benzene rings is 1. The third kappa shape index (κ3) is 3.67. The first-order valence-corrected chi connectivity index (χ1v) is 6.33. The van der Waals surface area contributed by atoms with Crippen LogP contribution in [0.1, 0.15) is 10.5 Å². The number of aromatic nitrogens is 1. The predicted octanol–water partition coefficient (Wildman–Crippen LogP) is 3.14. The second-order valence-electron chi connectivity index (χ2n) is 3.43. The van der Waals surface area contributed by atoms with Crippen LogP contribution in [0, 0.1) is 0 Å². The Hall–Kier alpha value is -2.12. The molecule has 0 atom stereocenters. The van der Waals surface area contributed by atoms with Crippen molar-refractivity contribution in [3.05, 3.63) is 40.4 Å². The maximum atomic E-state index is 11.8. The fourth-order valence-corrected chi connectivity index (χ4v) is 2.16. The Kier molecular flexibility index (Phi) is 3.98. The summed E-state index contributed by atoms with van der Waals surface area (Å²) < 4.78 is 0. The van der Waals surface area contributed by atoms with Crippen LogP contribution in [0.4, 0.5) is 15.6 Å².